The molecule has 0 aliphatic carbocycles. The molecule has 1 unspecified atom stereocenters. The number of benzene rings is 1. The standard InChI is InChI=1S/C19H29N3O6/c1-12(2)21-8-6-7-13(11-21)10-20-19(23)14-9-15(26-3)17(27-4)18(28-5)16(14)22(24)25/h9,12-13H,6-8,10-11H2,1-5H3,(H,20,23). The van der Waals surface area contributed by atoms with Crippen molar-refractivity contribution in [3.8, 4) is 17.2 Å². The highest BCUT2D eigenvalue weighted by Crippen LogP contribution is 2.46. The Hall–Kier alpha value is -2.55. The summed E-state index contributed by atoms with van der Waals surface area (Å²) in [5, 5.41) is 14.5. The average Bonchev–Trinajstić information content (AvgIpc) is 2.70. The summed E-state index contributed by atoms with van der Waals surface area (Å²) in [6, 6.07) is 1.77. The van der Waals surface area contributed by atoms with E-state index in [0.717, 1.165) is 25.9 Å². The van der Waals surface area contributed by atoms with Crippen LogP contribution in [0.3, 0.4) is 0 Å². The van der Waals surface area contributed by atoms with Gasteiger partial charge in [-0.15, -0.1) is 0 Å². The molecule has 9 nitrogen and oxygen atoms in total. The van der Waals surface area contributed by atoms with Gasteiger partial charge in [0.1, 0.15) is 5.56 Å². The molecule has 1 fully saturated rings. The first-order chi connectivity index (χ1) is 13.3. The number of amides is 1. The fourth-order valence-corrected chi connectivity index (χ4v) is 3.56. The van der Waals surface area contributed by atoms with Gasteiger partial charge in [0.15, 0.2) is 5.75 Å². The summed E-state index contributed by atoms with van der Waals surface area (Å²) < 4.78 is 15.6. The molecule has 1 aromatic rings. The maximum absolute atomic E-state index is 12.8. The van der Waals surface area contributed by atoms with E-state index in [4.69, 9.17) is 14.2 Å². The van der Waals surface area contributed by atoms with Crippen molar-refractivity contribution in [2.24, 2.45) is 5.92 Å². The second kappa shape index (κ2) is 9.59. The van der Waals surface area contributed by atoms with E-state index in [0.29, 0.717) is 18.5 Å². The number of nitro benzene ring substituents is 1. The number of carbonyl (C=O) groups is 1. The number of nitro groups is 1. The lowest BCUT2D eigenvalue weighted by Gasteiger charge is -2.35. The van der Waals surface area contributed by atoms with Gasteiger partial charge in [0.25, 0.3) is 5.91 Å². The van der Waals surface area contributed by atoms with Crippen LogP contribution in [0.2, 0.25) is 0 Å². The molecule has 0 saturated carbocycles. The van der Waals surface area contributed by atoms with E-state index in [2.05, 4.69) is 24.1 Å². The van der Waals surface area contributed by atoms with Crippen LogP contribution in [0, 0.1) is 16.0 Å². The number of nitrogens with zero attached hydrogens (tertiary/aromatic N) is 2. The largest absolute Gasteiger partial charge is 0.493 e. The molecule has 1 aromatic carbocycles. The van der Waals surface area contributed by atoms with Crippen molar-refractivity contribution < 1.29 is 23.9 Å². The molecular formula is C19H29N3O6. The summed E-state index contributed by atoms with van der Waals surface area (Å²) in [6.07, 6.45) is 2.09. The smallest absolute Gasteiger partial charge is 0.327 e. The molecule has 0 bridgehead atoms. The molecule has 1 amide bonds. The van der Waals surface area contributed by atoms with Gasteiger partial charge >= 0.3 is 5.69 Å². The third kappa shape index (κ3) is 4.64. The molecule has 2 rings (SSSR count). The molecule has 1 atom stereocenters. The minimum Gasteiger partial charge on any atom is -0.493 e. The lowest BCUT2D eigenvalue weighted by molar-refractivity contribution is -0.386. The van der Waals surface area contributed by atoms with Crippen LogP contribution in [0.4, 0.5) is 5.69 Å². The van der Waals surface area contributed by atoms with Crippen LogP contribution in [0.15, 0.2) is 6.07 Å². The van der Waals surface area contributed by atoms with Crippen LogP contribution in [0.1, 0.15) is 37.0 Å². The van der Waals surface area contributed by atoms with Gasteiger partial charge in [-0.3, -0.25) is 14.9 Å². The van der Waals surface area contributed by atoms with Crippen LogP contribution in [0.25, 0.3) is 0 Å². The van der Waals surface area contributed by atoms with Gasteiger partial charge in [0.05, 0.1) is 26.3 Å². The fraction of sp³-hybridized carbons (Fsp3) is 0.632. The Morgan fingerprint density at radius 2 is 1.96 bits per heavy atom. The van der Waals surface area contributed by atoms with Gasteiger partial charge in [-0.1, -0.05) is 0 Å². The lowest BCUT2D eigenvalue weighted by Crippen LogP contribution is -2.43. The Kier molecular flexibility index (Phi) is 7.45. The first-order valence-corrected chi connectivity index (χ1v) is 9.33. The van der Waals surface area contributed by atoms with Crippen LogP contribution in [0.5, 0.6) is 17.2 Å². The van der Waals surface area contributed by atoms with E-state index in [-0.39, 0.29) is 22.8 Å². The molecule has 0 radical (unpaired) electrons. The minimum atomic E-state index is -0.642. The van der Waals surface area contributed by atoms with Crippen LogP contribution < -0.4 is 19.5 Å². The van der Waals surface area contributed by atoms with E-state index < -0.39 is 16.5 Å². The Balaban J connectivity index is 2.25. The van der Waals surface area contributed by atoms with E-state index >= 15 is 0 Å². The van der Waals surface area contributed by atoms with Gasteiger partial charge in [0.2, 0.25) is 11.5 Å². The zero-order valence-electron chi connectivity index (χ0n) is 17.1. The molecular weight excluding hydrogens is 366 g/mol. The summed E-state index contributed by atoms with van der Waals surface area (Å²) in [5.74, 6) is -0.0960. The molecule has 1 N–H and O–H groups in total. The van der Waals surface area contributed by atoms with Gasteiger partial charge in [-0.25, -0.2) is 0 Å². The Bertz CT molecular complexity index is 722. The highest BCUT2D eigenvalue weighted by Gasteiger charge is 2.33. The number of piperidine rings is 1. The summed E-state index contributed by atoms with van der Waals surface area (Å²) in [5.41, 5.74) is -0.555. The van der Waals surface area contributed by atoms with E-state index in [1.165, 1.54) is 27.4 Å². The molecule has 1 saturated heterocycles. The monoisotopic (exact) mass is 395 g/mol. The number of methoxy groups -OCH3 is 3. The van der Waals surface area contributed by atoms with Crippen molar-refractivity contribution in [1.29, 1.82) is 0 Å². The summed E-state index contributed by atoms with van der Waals surface area (Å²) in [7, 11) is 4.04. The number of ether oxygens (including phenoxy) is 3. The lowest BCUT2D eigenvalue weighted by atomic mass is 9.97. The van der Waals surface area contributed by atoms with Crippen molar-refractivity contribution in [3.05, 3.63) is 21.7 Å². The number of nitrogens with one attached hydrogen (secondary N) is 1. The quantitative estimate of drug-likeness (QED) is 0.533. The summed E-state index contributed by atoms with van der Waals surface area (Å²) >= 11 is 0. The van der Waals surface area contributed by atoms with Gasteiger partial charge in [-0.05, 0) is 39.2 Å². The maximum atomic E-state index is 12.8. The van der Waals surface area contributed by atoms with Gasteiger partial charge in [-0.2, -0.15) is 0 Å². The second-order valence-corrected chi connectivity index (χ2v) is 7.11. The van der Waals surface area contributed by atoms with E-state index in [1.807, 2.05) is 0 Å². The highest BCUT2D eigenvalue weighted by molar-refractivity contribution is 6.00. The predicted octanol–water partition coefficient (Wildman–Crippen LogP) is 2.47. The Labute approximate surface area is 165 Å². The third-order valence-electron chi connectivity index (χ3n) is 5.06. The number of rotatable bonds is 8. The van der Waals surface area contributed by atoms with Crippen molar-refractivity contribution in [2.45, 2.75) is 32.7 Å². The van der Waals surface area contributed by atoms with Crippen LogP contribution in [-0.4, -0.2) is 62.7 Å². The predicted molar refractivity (Wildman–Crippen MR) is 105 cm³/mol. The second-order valence-electron chi connectivity index (χ2n) is 7.11. The molecule has 1 heterocycles. The average molecular weight is 395 g/mol. The number of likely N-dealkylation sites (tertiary alicyclic amines) is 1. The van der Waals surface area contributed by atoms with Crippen molar-refractivity contribution in [3.63, 3.8) is 0 Å². The molecule has 0 spiro atoms. The van der Waals surface area contributed by atoms with Crippen molar-refractivity contribution >= 4 is 11.6 Å². The van der Waals surface area contributed by atoms with Crippen molar-refractivity contribution in [2.75, 3.05) is 41.0 Å². The van der Waals surface area contributed by atoms with Gasteiger partial charge in [0, 0.05) is 25.2 Å². The fourth-order valence-electron chi connectivity index (χ4n) is 3.56. The molecule has 0 aromatic heterocycles. The zero-order valence-corrected chi connectivity index (χ0v) is 17.1. The molecule has 156 valence electrons. The first-order valence-electron chi connectivity index (χ1n) is 9.33. The third-order valence-corrected chi connectivity index (χ3v) is 5.06. The maximum Gasteiger partial charge on any atom is 0.327 e. The minimum absolute atomic E-state index is 0.0769. The molecule has 28 heavy (non-hydrogen) atoms. The van der Waals surface area contributed by atoms with Crippen LogP contribution in [-0.2, 0) is 0 Å². The summed E-state index contributed by atoms with van der Waals surface area (Å²) in [6.45, 7) is 6.71. The number of hydrogen-bond donors (Lipinski definition) is 1. The summed E-state index contributed by atoms with van der Waals surface area (Å²) in [4.78, 5) is 26.2. The van der Waals surface area contributed by atoms with Crippen LogP contribution >= 0.6 is 0 Å². The SMILES string of the molecule is COc1cc(C(=O)NCC2CCCN(C(C)C)C2)c([N+](=O)[O-])c(OC)c1OC. The Morgan fingerprint density at radius 3 is 2.50 bits per heavy atom. The number of hydrogen-bond acceptors (Lipinski definition) is 7. The topological polar surface area (TPSA) is 103 Å². The molecule has 9 heteroatoms. The number of carbonyl (C=O) groups excluding carboxylic acids is 1. The van der Waals surface area contributed by atoms with Gasteiger partial charge < -0.3 is 24.4 Å². The first kappa shape index (κ1) is 21.7. The molecule has 1 aliphatic heterocycles. The normalized spacial score (nSPS) is 17.3. The van der Waals surface area contributed by atoms with E-state index in [1.54, 1.807) is 0 Å². The van der Waals surface area contributed by atoms with E-state index in [9.17, 15) is 14.9 Å². The van der Waals surface area contributed by atoms with Crippen molar-refractivity contribution in [1.82, 2.24) is 10.2 Å². The Morgan fingerprint density at radius 1 is 1.29 bits per heavy atom. The highest BCUT2D eigenvalue weighted by atomic mass is 16.6. The molecule has 1 aliphatic rings. The zero-order chi connectivity index (χ0) is 20.8.